The van der Waals surface area contributed by atoms with Gasteiger partial charge in [0.25, 0.3) is 0 Å². The SMILES string of the molecule is CC(C)(C)OC(=O)N1CCC(c2nccc(Cl)n2)CC1. The lowest BCUT2D eigenvalue weighted by atomic mass is 9.96. The third kappa shape index (κ3) is 4.07. The topological polar surface area (TPSA) is 55.3 Å². The Balaban J connectivity index is 1.91. The zero-order valence-electron chi connectivity index (χ0n) is 12.1. The van der Waals surface area contributed by atoms with E-state index < -0.39 is 5.60 Å². The summed E-state index contributed by atoms with van der Waals surface area (Å²) >= 11 is 5.88. The van der Waals surface area contributed by atoms with E-state index in [1.807, 2.05) is 20.8 Å². The number of rotatable bonds is 1. The number of hydrogen-bond donors (Lipinski definition) is 0. The van der Waals surface area contributed by atoms with E-state index in [1.54, 1.807) is 17.2 Å². The van der Waals surface area contributed by atoms with E-state index in [4.69, 9.17) is 16.3 Å². The van der Waals surface area contributed by atoms with Crippen LogP contribution < -0.4 is 0 Å². The lowest BCUT2D eigenvalue weighted by Gasteiger charge is -2.32. The average Bonchev–Trinajstić information content (AvgIpc) is 2.37. The molecule has 2 rings (SSSR count). The van der Waals surface area contributed by atoms with E-state index in [9.17, 15) is 4.79 Å². The summed E-state index contributed by atoms with van der Waals surface area (Å²) in [6.07, 6.45) is 3.09. The molecular weight excluding hydrogens is 278 g/mol. The molecule has 5 nitrogen and oxygen atoms in total. The molecular formula is C14H20ClN3O2. The first-order chi connectivity index (χ1) is 9.35. The highest BCUT2D eigenvalue weighted by Crippen LogP contribution is 2.26. The fraction of sp³-hybridized carbons (Fsp3) is 0.643. The van der Waals surface area contributed by atoms with Crippen LogP contribution in [-0.2, 0) is 4.74 Å². The molecule has 2 heterocycles. The molecule has 1 aliphatic rings. The summed E-state index contributed by atoms with van der Waals surface area (Å²) in [5.41, 5.74) is -0.454. The monoisotopic (exact) mass is 297 g/mol. The number of amides is 1. The highest BCUT2D eigenvalue weighted by atomic mass is 35.5. The Morgan fingerprint density at radius 3 is 2.60 bits per heavy atom. The Kier molecular flexibility index (Phi) is 4.48. The fourth-order valence-electron chi connectivity index (χ4n) is 2.19. The van der Waals surface area contributed by atoms with Gasteiger partial charge in [-0.1, -0.05) is 11.6 Å². The van der Waals surface area contributed by atoms with Crippen molar-refractivity contribution in [3.05, 3.63) is 23.2 Å². The zero-order chi connectivity index (χ0) is 14.8. The second-order valence-corrected chi connectivity index (χ2v) is 6.37. The predicted octanol–water partition coefficient (Wildman–Crippen LogP) is 3.24. The van der Waals surface area contributed by atoms with Crippen molar-refractivity contribution in [1.29, 1.82) is 0 Å². The molecule has 0 atom stereocenters. The minimum absolute atomic E-state index is 0.247. The third-order valence-corrected chi connectivity index (χ3v) is 3.36. The van der Waals surface area contributed by atoms with Crippen molar-refractivity contribution in [2.24, 2.45) is 0 Å². The molecule has 1 fully saturated rings. The van der Waals surface area contributed by atoms with Crippen molar-refractivity contribution >= 4 is 17.7 Å². The summed E-state index contributed by atoms with van der Waals surface area (Å²) < 4.78 is 5.37. The second kappa shape index (κ2) is 5.95. The zero-order valence-corrected chi connectivity index (χ0v) is 12.9. The number of nitrogens with zero attached hydrogens (tertiary/aromatic N) is 3. The number of aromatic nitrogens is 2. The minimum Gasteiger partial charge on any atom is -0.444 e. The molecule has 0 bridgehead atoms. The molecule has 1 aromatic heterocycles. The van der Waals surface area contributed by atoms with Gasteiger partial charge < -0.3 is 9.64 Å². The van der Waals surface area contributed by atoms with Crippen molar-refractivity contribution < 1.29 is 9.53 Å². The van der Waals surface area contributed by atoms with E-state index in [0.29, 0.717) is 18.2 Å². The third-order valence-electron chi connectivity index (χ3n) is 3.15. The second-order valence-electron chi connectivity index (χ2n) is 5.98. The number of halogens is 1. The number of likely N-dealkylation sites (tertiary alicyclic amines) is 1. The molecule has 20 heavy (non-hydrogen) atoms. The molecule has 0 radical (unpaired) electrons. The van der Waals surface area contributed by atoms with E-state index in [2.05, 4.69) is 9.97 Å². The molecule has 1 saturated heterocycles. The molecule has 1 aliphatic heterocycles. The lowest BCUT2D eigenvalue weighted by Crippen LogP contribution is -2.41. The number of ether oxygens (including phenoxy) is 1. The number of piperidine rings is 1. The van der Waals surface area contributed by atoms with Crippen LogP contribution in [0, 0.1) is 0 Å². The molecule has 0 saturated carbocycles. The fourth-order valence-corrected chi connectivity index (χ4v) is 2.34. The van der Waals surface area contributed by atoms with Crippen molar-refractivity contribution in [3.63, 3.8) is 0 Å². The number of carbonyl (C=O) groups is 1. The van der Waals surface area contributed by atoms with Crippen molar-refractivity contribution in [1.82, 2.24) is 14.9 Å². The quantitative estimate of drug-likeness (QED) is 0.747. The van der Waals surface area contributed by atoms with Crippen LogP contribution in [-0.4, -0.2) is 39.7 Å². The Hall–Kier alpha value is -1.36. The van der Waals surface area contributed by atoms with Gasteiger partial charge in [-0.3, -0.25) is 0 Å². The van der Waals surface area contributed by atoms with Crippen LogP contribution in [0.4, 0.5) is 4.79 Å². The summed E-state index contributed by atoms with van der Waals surface area (Å²) in [4.78, 5) is 22.2. The molecule has 0 aliphatic carbocycles. The van der Waals surface area contributed by atoms with Crippen LogP contribution in [0.3, 0.4) is 0 Å². The van der Waals surface area contributed by atoms with Crippen LogP contribution in [0.25, 0.3) is 0 Å². The van der Waals surface area contributed by atoms with E-state index in [0.717, 1.165) is 18.7 Å². The van der Waals surface area contributed by atoms with Gasteiger partial charge in [-0.15, -0.1) is 0 Å². The summed E-state index contributed by atoms with van der Waals surface area (Å²) in [6.45, 7) is 6.94. The highest BCUT2D eigenvalue weighted by molar-refractivity contribution is 6.29. The van der Waals surface area contributed by atoms with Crippen LogP contribution in [0.15, 0.2) is 12.3 Å². The maximum absolute atomic E-state index is 12.0. The molecule has 0 unspecified atom stereocenters. The average molecular weight is 298 g/mol. The Labute approximate surface area is 124 Å². The van der Waals surface area contributed by atoms with Gasteiger partial charge in [0, 0.05) is 25.2 Å². The largest absolute Gasteiger partial charge is 0.444 e. The molecule has 1 amide bonds. The van der Waals surface area contributed by atoms with Gasteiger partial charge in [-0.05, 0) is 39.7 Å². The van der Waals surface area contributed by atoms with Crippen LogP contribution in [0.1, 0.15) is 45.4 Å². The van der Waals surface area contributed by atoms with Gasteiger partial charge in [-0.2, -0.15) is 0 Å². The standard InChI is InChI=1S/C14H20ClN3O2/c1-14(2,3)20-13(19)18-8-5-10(6-9-18)12-16-7-4-11(15)17-12/h4,7,10H,5-6,8-9H2,1-3H3. The molecule has 110 valence electrons. The molecule has 0 aromatic carbocycles. The lowest BCUT2D eigenvalue weighted by molar-refractivity contribution is 0.0203. The van der Waals surface area contributed by atoms with Gasteiger partial charge in [-0.25, -0.2) is 14.8 Å². The molecule has 6 heteroatoms. The van der Waals surface area contributed by atoms with Gasteiger partial charge in [0.2, 0.25) is 0 Å². The van der Waals surface area contributed by atoms with Gasteiger partial charge in [0.15, 0.2) is 0 Å². The van der Waals surface area contributed by atoms with Crippen LogP contribution in [0.2, 0.25) is 5.15 Å². The van der Waals surface area contributed by atoms with Crippen molar-refractivity contribution in [3.8, 4) is 0 Å². The summed E-state index contributed by atoms with van der Waals surface area (Å²) in [5, 5.41) is 0.463. The first kappa shape index (κ1) is 15.0. The van der Waals surface area contributed by atoms with Gasteiger partial charge in [0.05, 0.1) is 0 Å². The molecule has 1 aromatic rings. The van der Waals surface area contributed by atoms with Crippen molar-refractivity contribution in [2.45, 2.75) is 45.1 Å². The maximum atomic E-state index is 12.0. The number of carbonyl (C=O) groups excluding carboxylic acids is 1. The van der Waals surface area contributed by atoms with E-state index in [1.165, 1.54) is 0 Å². The summed E-state index contributed by atoms with van der Waals surface area (Å²) in [7, 11) is 0. The van der Waals surface area contributed by atoms with E-state index in [-0.39, 0.29) is 12.0 Å². The first-order valence-electron chi connectivity index (χ1n) is 6.81. The summed E-state index contributed by atoms with van der Waals surface area (Å²) in [6, 6.07) is 1.67. The molecule has 0 N–H and O–H groups in total. The van der Waals surface area contributed by atoms with Gasteiger partial charge >= 0.3 is 6.09 Å². The smallest absolute Gasteiger partial charge is 0.410 e. The minimum atomic E-state index is -0.454. The van der Waals surface area contributed by atoms with Gasteiger partial charge in [0.1, 0.15) is 16.6 Å². The Morgan fingerprint density at radius 1 is 1.40 bits per heavy atom. The first-order valence-corrected chi connectivity index (χ1v) is 7.19. The predicted molar refractivity (Wildman–Crippen MR) is 76.8 cm³/mol. The highest BCUT2D eigenvalue weighted by Gasteiger charge is 2.28. The van der Waals surface area contributed by atoms with Crippen LogP contribution in [0.5, 0.6) is 0 Å². The normalized spacial score (nSPS) is 17.1. The number of hydrogen-bond acceptors (Lipinski definition) is 4. The molecule has 0 spiro atoms. The van der Waals surface area contributed by atoms with E-state index >= 15 is 0 Å². The summed E-state index contributed by atoms with van der Waals surface area (Å²) in [5.74, 6) is 1.02. The Bertz CT molecular complexity index is 480. The Morgan fingerprint density at radius 2 is 2.05 bits per heavy atom. The van der Waals surface area contributed by atoms with Crippen molar-refractivity contribution in [2.75, 3.05) is 13.1 Å². The van der Waals surface area contributed by atoms with Crippen LogP contribution >= 0.6 is 11.6 Å². The maximum Gasteiger partial charge on any atom is 0.410 e.